The molecule has 1 aromatic heterocycles. The molecule has 0 aromatic carbocycles. The molecule has 0 bridgehead atoms. The summed E-state index contributed by atoms with van der Waals surface area (Å²) in [5.74, 6) is 1.86. The number of nitrogens with one attached hydrogen (secondary N) is 1. The largest absolute Gasteiger partial charge is 0.313 e. The molecule has 1 heterocycles. The number of thioether (sulfide) groups is 1. The van der Waals surface area contributed by atoms with Gasteiger partial charge in [-0.1, -0.05) is 13.8 Å². The van der Waals surface area contributed by atoms with Gasteiger partial charge >= 0.3 is 0 Å². The van der Waals surface area contributed by atoms with Crippen molar-refractivity contribution < 1.29 is 0 Å². The van der Waals surface area contributed by atoms with E-state index in [-0.39, 0.29) is 0 Å². The molecule has 1 unspecified atom stereocenters. The number of hydrogen-bond donors (Lipinski definition) is 1. The number of fused-ring (bicyclic) bond motifs is 1. The number of rotatable bonds is 3. The van der Waals surface area contributed by atoms with Crippen LogP contribution in [-0.4, -0.2) is 23.3 Å². The summed E-state index contributed by atoms with van der Waals surface area (Å²) in [5.41, 5.74) is 2.85. The van der Waals surface area contributed by atoms with Crippen LogP contribution in [0.15, 0.2) is 6.20 Å². The summed E-state index contributed by atoms with van der Waals surface area (Å²) in [7, 11) is 2.02. The third-order valence-corrected chi connectivity index (χ3v) is 3.90. The van der Waals surface area contributed by atoms with Crippen LogP contribution in [0, 0.1) is 5.41 Å². The molecular weight excluding hydrogens is 230 g/mol. The van der Waals surface area contributed by atoms with E-state index in [1.165, 1.54) is 11.3 Å². The van der Waals surface area contributed by atoms with Gasteiger partial charge in [-0.3, -0.25) is 0 Å². The maximum atomic E-state index is 4.72. The Bertz CT molecular complexity index is 404. The lowest BCUT2D eigenvalue weighted by Gasteiger charge is -2.36. The first kappa shape index (κ1) is 12.8. The van der Waals surface area contributed by atoms with E-state index in [1.807, 2.05) is 13.2 Å². The third kappa shape index (κ3) is 2.80. The lowest BCUT2D eigenvalue weighted by atomic mass is 9.74. The Labute approximate surface area is 108 Å². The highest BCUT2D eigenvalue weighted by molar-refractivity contribution is 7.97. The van der Waals surface area contributed by atoms with Gasteiger partial charge in [0.25, 0.3) is 0 Å². The van der Waals surface area contributed by atoms with Gasteiger partial charge in [0.05, 0.1) is 5.75 Å². The summed E-state index contributed by atoms with van der Waals surface area (Å²) in [6, 6.07) is 0.400. The second-order valence-corrected chi connectivity index (χ2v) is 6.37. The van der Waals surface area contributed by atoms with Crippen LogP contribution in [0.5, 0.6) is 0 Å². The Kier molecular flexibility index (Phi) is 3.73. The van der Waals surface area contributed by atoms with E-state index in [0.29, 0.717) is 11.5 Å². The van der Waals surface area contributed by atoms with Crippen molar-refractivity contribution in [2.75, 3.05) is 13.3 Å². The molecular formula is C13H21N3S. The van der Waals surface area contributed by atoms with E-state index in [0.717, 1.165) is 24.4 Å². The highest BCUT2D eigenvalue weighted by atomic mass is 32.2. The average molecular weight is 251 g/mol. The predicted octanol–water partition coefficient (Wildman–Crippen LogP) is 2.57. The van der Waals surface area contributed by atoms with Crippen molar-refractivity contribution in [1.29, 1.82) is 0 Å². The van der Waals surface area contributed by atoms with Gasteiger partial charge in [0.2, 0.25) is 0 Å². The maximum absolute atomic E-state index is 4.72. The molecule has 1 aliphatic carbocycles. The Hall–Kier alpha value is -0.610. The lowest BCUT2D eigenvalue weighted by Crippen LogP contribution is -2.32. The van der Waals surface area contributed by atoms with Crippen molar-refractivity contribution >= 4 is 11.8 Å². The molecule has 3 nitrogen and oxygen atoms in total. The van der Waals surface area contributed by atoms with Crippen LogP contribution in [0.2, 0.25) is 0 Å². The first-order valence-electron chi connectivity index (χ1n) is 6.06. The second-order valence-electron chi connectivity index (χ2n) is 5.51. The van der Waals surface area contributed by atoms with Crippen LogP contribution in [-0.2, 0) is 12.2 Å². The van der Waals surface area contributed by atoms with Gasteiger partial charge < -0.3 is 5.32 Å². The minimum atomic E-state index is 0.325. The molecule has 1 atom stereocenters. The topological polar surface area (TPSA) is 37.8 Å². The average Bonchev–Trinajstić information content (AvgIpc) is 2.26. The first-order chi connectivity index (χ1) is 8.05. The molecule has 0 fully saturated rings. The molecule has 1 N–H and O–H groups in total. The van der Waals surface area contributed by atoms with Gasteiger partial charge in [-0.2, -0.15) is 11.8 Å². The van der Waals surface area contributed by atoms with E-state index in [2.05, 4.69) is 30.4 Å². The van der Waals surface area contributed by atoms with Crippen LogP contribution >= 0.6 is 11.8 Å². The van der Waals surface area contributed by atoms with E-state index in [1.54, 1.807) is 11.8 Å². The molecule has 0 saturated heterocycles. The van der Waals surface area contributed by atoms with Crippen LogP contribution < -0.4 is 5.32 Å². The Morgan fingerprint density at radius 1 is 1.53 bits per heavy atom. The fraction of sp³-hybridized carbons (Fsp3) is 0.692. The molecule has 0 amide bonds. The van der Waals surface area contributed by atoms with Gasteiger partial charge in [0.1, 0.15) is 5.82 Å². The van der Waals surface area contributed by atoms with Crippen molar-refractivity contribution in [1.82, 2.24) is 15.3 Å². The molecule has 0 radical (unpaired) electrons. The minimum Gasteiger partial charge on any atom is -0.313 e. The minimum absolute atomic E-state index is 0.325. The lowest BCUT2D eigenvalue weighted by molar-refractivity contribution is 0.260. The van der Waals surface area contributed by atoms with Gasteiger partial charge in [-0.25, -0.2) is 9.97 Å². The molecule has 4 heteroatoms. The fourth-order valence-electron chi connectivity index (χ4n) is 2.54. The summed E-state index contributed by atoms with van der Waals surface area (Å²) in [5, 5.41) is 3.38. The van der Waals surface area contributed by atoms with Crippen molar-refractivity contribution in [2.45, 2.75) is 38.5 Å². The summed E-state index contributed by atoms with van der Waals surface area (Å²) < 4.78 is 0. The smallest absolute Gasteiger partial charge is 0.138 e. The highest BCUT2D eigenvalue weighted by Gasteiger charge is 2.32. The van der Waals surface area contributed by atoms with Crippen LogP contribution in [0.1, 0.15) is 43.4 Å². The molecule has 1 aliphatic rings. The van der Waals surface area contributed by atoms with E-state index in [4.69, 9.17) is 4.98 Å². The molecule has 0 spiro atoms. The zero-order chi connectivity index (χ0) is 12.5. The van der Waals surface area contributed by atoms with Crippen molar-refractivity contribution in [2.24, 2.45) is 5.41 Å². The van der Waals surface area contributed by atoms with Gasteiger partial charge in [-0.15, -0.1) is 0 Å². The zero-order valence-corrected chi connectivity index (χ0v) is 11.9. The normalized spacial score (nSPS) is 22.2. The number of aromatic nitrogens is 2. The maximum Gasteiger partial charge on any atom is 0.138 e. The predicted molar refractivity (Wildman–Crippen MR) is 73.2 cm³/mol. The number of nitrogens with zero attached hydrogens (tertiary/aromatic N) is 2. The molecule has 17 heavy (non-hydrogen) atoms. The first-order valence-corrected chi connectivity index (χ1v) is 7.46. The van der Waals surface area contributed by atoms with E-state index < -0.39 is 0 Å². The molecule has 1 aromatic rings. The van der Waals surface area contributed by atoms with Gasteiger partial charge in [0.15, 0.2) is 0 Å². The van der Waals surface area contributed by atoms with Crippen LogP contribution in [0.25, 0.3) is 0 Å². The molecule has 0 aliphatic heterocycles. The molecule has 94 valence electrons. The summed E-state index contributed by atoms with van der Waals surface area (Å²) >= 11 is 1.77. The highest BCUT2D eigenvalue weighted by Crippen LogP contribution is 2.39. The molecule has 0 saturated carbocycles. The van der Waals surface area contributed by atoms with Crippen molar-refractivity contribution in [3.05, 3.63) is 23.3 Å². The fourth-order valence-corrected chi connectivity index (χ4v) is 2.94. The number of hydrogen-bond acceptors (Lipinski definition) is 4. The van der Waals surface area contributed by atoms with Gasteiger partial charge in [-0.05, 0) is 31.6 Å². The van der Waals surface area contributed by atoms with E-state index >= 15 is 0 Å². The Balaban J connectivity index is 2.35. The summed E-state index contributed by atoms with van der Waals surface area (Å²) in [6.45, 7) is 4.63. The summed E-state index contributed by atoms with van der Waals surface area (Å²) in [4.78, 5) is 9.18. The molecule has 2 rings (SSSR count). The zero-order valence-electron chi connectivity index (χ0n) is 11.1. The van der Waals surface area contributed by atoms with Crippen molar-refractivity contribution in [3.8, 4) is 0 Å². The van der Waals surface area contributed by atoms with Crippen LogP contribution in [0.4, 0.5) is 0 Å². The third-order valence-electron chi connectivity index (χ3n) is 3.35. The van der Waals surface area contributed by atoms with Crippen molar-refractivity contribution in [3.63, 3.8) is 0 Å². The SMILES string of the molecule is CNC1CC(C)(C)Cc2nc(CSC)ncc21. The summed E-state index contributed by atoms with van der Waals surface area (Å²) in [6.07, 6.45) is 6.32. The van der Waals surface area contributed by atoms with E-state index in [9.17, 15) is 0 Å². The monoisotopic (exact) mass is 251 g/mol. The standard InChI is InChI=1S/C13H21N3S/c1-13(2)5-10(14-3)9-7-15-12(8-17-4)16-11(9)6-13/h7,10,14H,5-6,8H2,1-4H3. The Morgan fingerprint density at radius 2 is 2.29 bits per heavy atom. The van der Waals surface area contributed by atoms with Gasteiger partial charge in [0, 0.05) is 23.5 Å². The Morgan fingerprint density at radius 3 is 2.94 bits per heavy atom. The quantitative estimate of drug-likeness (QED) is 0.896. The van der Waals surface area contributed by atoms with Crippen LogP contribution in [0.3, 0.4) is 0 Å². The second kappa shape index (κ2) is 4.94.